The Labute approximate surface area is 196 Å². The summed E-state index contributed by atoms with van der Waals surface area (Å²) in [5.74, 6) is 1.12. The highest BCUT2D eigenvalue weighted by Gasteiger charge is 2.18. The van der Waals surface area contributed by atoms with Gasteiger partial charge in [0.15, 0.2) is 0 Å². The minimum Gasteiger partial charge on any atom is -0.489 e. The number of fused-ring (bicyclic) bond motifs is 1. The molecule has 2 aromatic carbocycles. The number of para-hydroxylation sites is 1. The number of aromatic nitrogens is 3. The summed E-state index contributed by atoms with van der Waals surface area (Å²) >= 11 is 6.35. The van der Waals surface area contributed by atoms with Gasteiger partial charge < -0.3 is 24.3 Å². The first-order valence-electron chi connectivity index (χ1n) is 10.6. The molecule has 2 aromatic heterocycles. The highest BCUT2D eigenvalue weighted by molar-refractivity contribution is 6.32. The molecule has 9 heteroatoms. The van der Waals surface area contributed by atoms with Crippen LogP contribution in [0.15, 0.2) is 47.1 Å². The molecule has 0 radical (unpaired) electrons. The Balaban J connectivity index is 1.59. The molecule has 0 spiro atoms. The van der Waals surface area contributed by atoms with Crippen molar-refractivity contribution in [2.45, 2.75) is 39.5 Å². The smallest absolute Gasteiger partial charge is 0.322 e. The number of benzene rings is 2. The molecule has 0 aliphatic carbocycles. The average molecular weight is 469 g/mol. The molecule has 0 saturated heterocycles. The van der Waals surface area contributed by atoms with E-state index in [0.717, 1.165) is 22.0 Å². The standard InChI is InChI=1S/C24H25ClN4O4/c1-13(2)32-20-9-8-15(10-19(20)25)23-28-22(29-33-23)18-7-5-6-17-16(12-27-21(17)18)11-26-14(3)24(30)31-4/h5-10,12-14,26-27H,11H2,1-4H3/t14-/m1/s1. The van der Waals surface area contributed by atoms with Crippen molar-refractivity contribution >= 4 is 28.5 Å². The number of aromatic amines is 1. The second-order valence-electron chi connectivity index (χ2n) is 7.90. The molecule has 2 N–H and O–H groups in total. The van der Waals surface area contributed by atoms with E-state index < -0.39 is 6.04 Å². The van der Waals surface area contributed by atoms with E-state index in [1.165, 1.54) is 7.11 Å². The minimum absolute atomic E-state index is 0.0217. The molecule has 2 heterocycles. The molecule has 0 unspecified atom stereocenters. The van der Waals surface area contributed by atoms with Crippen molar-refractivity contribution in [3.8, 4) is 28.6 Å². The first kappa shape index (κ1) is 22.8. The van der Waals surface area contributed by atoms with Gasteiger partial charge in [-0.1, -0.05) is 28.9 Å². The van der Waals surface area contributed by atoms with E-state index in [1.54, 1.807) is 19.1 Å². The molecular formula is C24H25ClN4O4. The lowest BCUT2D eigenvalue weighted by Gasteiger charge is -2.11. The summed E-state index contributed by atoms with van der Waals surface area (Å²) < 4.78 is 16.0. The van der Waals surface area contributed by atoms with Gasteiger partial charge in [-0.2, -0.15) is 4.98 Å². The fourth-order valence-corrected chi connectivity index (χ4v) is 3.73. The van der Waals surface area contributed by atoms with Crippen LogP contribution in [-0.4, -0.2) is 40.3 Å². The molecule has 8 nitrogen and oxygen atoms in total. The second kappa shape index (κ2) is 9.64. The Kier molecular flexibility index (Phi) is 6.67. The molecule has 33 heavy (non-hydrogen) atoms. The minimum atomic E-state index is -0.410. The van der Waals surface area contributed by atoms with Crippen LogP contribution in [0.25, 0.3) is 33.7 Å². The van der Waals surface area contributed by atoms with Crippen LogP contribution in [0.3, 0.4) is 0 Å². The predicted octanol–water partition coefficient (Wildman–Crippen LogP) is 4.98. The number of H-pyrrole nitrogens is 1. The van der Waals surface area contributed by atoms with Gasteiger partial charge in [0.05, 0.1) is 23.8 Å². The van der Waals surface area contributed by atoms with E-state index >= 15 is 0 Å². The Bertz CT molecular complexity index is 1280. The van der Waals surface area contributed by atoms with Gasteiger partial charge in [0.25, 0.3) is 5.89 Å². The Morgan fingerprint density at radius 3 is 2.79 bits per heavy atom. The van der Waals surface area contributed by atoms with Gasteiger partial charge in [0, 0.05) is 29.3 Å². The third-order valence-electron chi connectivity index (χ3n) is 5.16. The lowest BCUT2D eigenvalue weighted by atomic mass is 10.1. The molecule has 0 aliphatic rings. The maximum Gasteiger partial charge on any atom is 0.322 e. The molecule has 1 atom stereocenters. The summed E-state index contributed by atoms with van der Waals surface area (Å²) in [5, 5.41) is 8.82. The molecule has 0 bridgehead atoms. The number of ether oxygens (including phenoxy) is 2. The summed E-state index contributed by atoms with van der Waals surface area (Å²) in [4.78, 5) is 19.5. The van der Waals surface area contributed by atoms with Crippen molar-refractivity contribution < 1.29 is 18.8 Å². The van der Waals surface area contributed by atoms with Crippen LogP contribution in [0.2, 0.25) is 5.02 Å². The number of hydrogen-bond acceptors (Lipinski definition) is 7. The van der Waals surface area contributed by atoms with Crippen LogP contribution in [0.1, 0.15) is 26.3 Å². The van der Waals surface area contributed by atoms with E-state index in [9.17, 15) is 4.79 Å². The lowest BCUT2D eigenvalue weighted by molar-refractivity contribution is -0.142. The van der Waals surface area contributed by atoms with Gasteiger partial charge in [-0.3, -0.25) is 4.79 Å². The van der Waals surface area contributed by atoms with Crippen molar-refractivity contribution in [3.05, 3.63) is 53.2 Å². The maximum atomic E-state index is 11.6. The third-order valence-corrected chi connectivity index (χ3v) is 5.46. The monoisotopic (exact) mass is 468 g/mol. The van der Waals surface area contributed by atoms with Crippen molar-refractivity contribution in [3.63, 3.8) is 0 Å². The van der Waals surface area contributed by atoms with Crippen LogP contribution in [0.5, 0.6) is 5.75 Å². The summed E-state index contributed by atoms with van der Waals surface area (Å²) in [5.41, 5.74) is 3.40. The number of methoxy groups -OCH3 is 1. The van der Waals surface area contributed by atoms with E-state index in [2.05, 4.69) is 20.4 Å². The van der Waals surface area contributed by atoms with Crippen LogP contribution < -0.4 is 10.1 Å². The fourth-order valence-electron chi connectivity index (χ4n) is 3.50. The van der Waals surface area contributed by atoms with Crippen LogP contribution >= 0.6 is 11.6 Å². The van der Waals surface area contributed by atoms with Crippen molar-refractivity contribution in [1.29, 1.82) is 0 Å². The Morgan fingerprint density at radius 2 is 2.06 bits per heavy atom. The van der Waals surface area contributed by atoms with E-state index in [-0.39, 0.29) is 12.1 Å². The molecule has 0 saturated carbocycles. The lowest BCUT2D eigenvalue weighted by Crippen LogP contribution is -2.34. The fraction of sp³-hybridized carbons (Fsp3) is 0.292. The number of carbonyl (C=O) groups excluding carboxylic acids is 1. The van der Waals surface area contributed by atoms with Crippen molar-refractivity contribution in [2.24, 2.45) is 0 Å². The number of rotatable bonds is 8. The SMILES string of the molecule is COC(=O)[C@@H](C)NCc1c[nH]c2c(-c3noc(-c4ccc(OC(C)C)c(Cl)c4)n3)cccc12. The van der Waals surface area contributed by atoms with Gasteiger partial charge in [0.2, 0.25) is 5.82 Å². The quantitative estimate of drug-likeness (QED) is 0.352. The first-order chi connectivity index (χ1) is 15.9. The molecule has 0 aliphatic heterocycles. The topological polar surface area (TPSA) is 102 Å². The molecule has 0 amide bonds. The zero-order valence-corrected chi connectivity index (χ0v) is 19.6. The van der Waals surface area contributed by atoms with Gasteiger partial charge in [-0.05, 0) is 50.6 Å². The number of nitrogens with zero attached hydrogens (tertiary/aromatic N) is 2. The average Bonchev–Trinajstić information content (AvgIpc) is 3.45. The van der Waals surface area contributed by atoms with Gasteiger partial charge in [-0.15, -0.1) is 0 Å². The zero-order valence-electron chi connectivity index (χ0n) is 18.8. The first-order valence-corrected chi connectivity index (χ1v) is 11.0. The molecule has 4 rings (SSSR count). The number of halogens is 1. The molecule has 172 valence electrons. The normalized spacial score (nSPS) is 12.3. The Hall–Kier alpha value is -3.36. The highest BCUT2D eigenvalue weighted by atomic mass is 35.5. The summed E-state index contributed by atoms with van der Waals surface area (Å²) in [6.45, 7) is 6.15. The zero-order chi connectivity index (χ0) is 23.5. The summed E-state index contributed by atoms with van der Waals surface area (Å²) in [7, 11) is 1.37. The van der Waals surface area contributed by atoms with E-state index in [4.69, 9.17) is 25.6 Å². The van der Waals surface area contributed by atoms with Gasteiger partial charge in [-0.25, -0.2) is 0 Å². The molecule has 4 aromatic rings. The van der Waals surface area contributed by atoms with Crippen LogP contribution in [-0.2, 0) is 16.1 Å². The van der Waals surface area contributed by atoms with Crippen LogP contribution in [0.4, 0.5) is 0 Å². The van der Waals surface area contributed by atoms with Gasteiger partial charge in [0.1, 0.15) is 11.8 Å². The van der Waals surface area contributed by atoms with E-state index in [0.29, 0.717) is 34.6 Å². The van der Waals surface area contributed by atoms with E-state index in [1.807, 2.05) is 44.3 Å². The van der Waals surface area contributed by atoms with Crippen LogP contribution in [0, 0.1) is 0 Å². The van der Waals surface area contributed by atoms with Gasteiger partial charge >= 0.3 is 5.97 Å². The number of carbonyl (C=O) groups is 1. The van der Waals surface area contributed by atoms with Crippen molar-refractivity contribution in [2.75, 3.05) is 7.11 Å². The number of esters is 1. The Morgan fingerprint density at radius 1 is 1.24 bits per heavy atom. The second-order valence-corrected chi connectivity index (χ2v) is 8.31. The number of hydrogen-bond donors (Lipinski definition) is 2. The molecular weight excluding hydrogens is 444 g/mol. The summed E-state index contributed by atoms with van der Waals surface area (Å²) in [6, 6.07) is 10.8. The largest absolute Gasteiger partial charge is 0.489 e. The highest BCUT2D eigenvalue weighted by Crippen LogP contribution is 2.33. The predicted molar refractivity (Wildman–Crippen MR) is 126 cm³/mol. The third kappa shape index (κ3) is 4.86. The number of nitrogens with one attached hydrogen (secondary N) is 2. The maximum absolute atomic E-state index is 11.6. The molecule has 0 fully saturated rings. The summed E-state index contributed by atoms with van der Waals surface area (Å²) in [6.07, 6.45) is 1.92. The van der Waals surface area contributed by atoms with Crippen molar-refractivity contribution in [1.82, 2.24) is 20.4 Å².